The molecule has 13 heavy (non-hydrogen) atoms. The summed E-state index contributed by atoms with van der Waals surface area (Å²) in [7, 11) is 0. The minimum Gasteiger partial charge on any atom is -0.386 e. The molecule has 1 nitrogen and oxygen atoms in total. The maximum atomic E-state index is 9.63. The molecule has 0 aliphatic rings. The molecule has 4 heteroatoms. The highest BCUT2D eigenvalue weighted by Gasteiger charge is 2.18. The van der Waals surface area contributed by atoms with Gasteiger partial charge in [0.1, 0.15) is 10.9 Å². The number of thioether (sulfide) groups is 1. The standard InChI is InChI=1S/C9H10Cl2OS/c1-13-7-5-3-2-4-6(7)8(12)9(10)11/h2-5,8-9,12H,1H3. The summed E-state index contributed by atoms with van der Waals surface area (Å²) < 4.78 is 0. The van der Waals surface area contributed by atoms with Crippen molar-refractivity contribution in [2.24, 2.45) is 0 Å². The topological polar surface area (TPSA) is 20.2 Å². The van der Waals surface area contributed by atoms with Gasteiger partial charge in [0.05, 0.1) is 0 Å². The van der Waals surface area contributed by atoms with Gasteiger partial charge >= 0.3 is 0 Å². The Morgan fingerprint density at radius 3 is 2.46 bits per heavy atom. The molecule has 0 heterocycles. The van der Waals surface area contributed by atoms with E-state index in [1.807, 2.05) is 30.5 Å². The summed E-state index contributed by atoms with van der Waals surface area (Å²) >= 11 is 12.8. The number of hydrogen-bond donors (Lipinski definition) is 1. The first-order chi connectivity index (χ1) is 6.16. The Morgan fingerprint density at radius 1 is 1.31 bits per heavy atom. The smallest absolute Gasteiger partial charge is 0.137 e. The first-order valence-corrected chi connectivity index (χ1v) is 5.85. The molecule has 0 amide bonds. The molecule has 0 radical (unpaired) electrons. The van der Waals surface area contributed by atoms with Crippen LogP contribution in [0.3, 0.4) is 0 Å². The largest absolute Gasteiger partial charge is 0.386 e. The average molecular weight is 237 g/mol. The zero-order chi connectivity index (χ0) is 9.84. The van der Waals surface area contributed by atoms with Gasteiger partial charge in [-0.25, -0.2) is 0 Å². The van der Waals surface area contributed by atoms with E-state index >= 15 is 0 Å². The monoisotopic (exact) mass is 236 g/mol. The van der Waals surface area contributed by atoms with Crippen molar-refractivity contribution in [1.82, 2.24) is 0 Å². The van der Waals surface area contributed by atoms with Crippen LogP contribution in [0.2, 0.25) is 0 Å². The van der Waals surface area contributed by atoms with Gasteiger partial charge in [-0.3, -0.25) is 0 Å². The second kappa shape index (κ2) is 5.11. The molecule has 0 aliphatic heterocycles. The second-order valence-electron chi connectivity index (χ2n) is 2.52. The second-order valence-corrected chi connectivity index (χ2v) is 4.53. The Bertz CT molecular complexity index is 278. The minimum absolute atomic E-state index is 0.782. The third-order valence-corrected chi connectivity index (χ3v) is 2.99. The van der Waals surface area contributed by atoms with Gasteiger partial charge in [0.15, 0.2) is 0 Å². The zero-order valence-corrected chi connectivity index (χ0v) is 9.40. The highest BCUT2D eigenvalue weighted by Crippen LogP contribution is 2.30. The number of alkyl halides is 2. The first-order valence-electron chi connectivity index (χ1n) is 3.76. The van der Waals surface area contributed by atoms with Crippen LogP contribution in [0, 0.1) is 0 Å². The Balaban J connectivity index is 2.98. The van der Waals surface area contributed by atoms with Gasteiger partial charge in [-0.1, -0.05) is 18.2 Å². The van der Waals surface area contributed by atoms with Crippen LogP contribution in [-0.4, -0.2) is 16.2 Å². The van der Waals surface area contributed by atoms with Crippen LogP contribution in [0.25, 0.3) is 0 Å². The first kappa shape index (κ1) is 11.2. The fraction of sp³-hybridized carbons (Fsp3) is 0.333. The summed E-state index contributed by atoms with van der Waals surface area (Å²) in [5.41, 5.74) is 0.782. The summed E-state index contributed by atoms with van der Waals surface area (Å²) in [6.45, 7) is 0. The van der Waals surface area contributed by atoms with Crippen molar-refractivity contribution in [2.45, 2.75) is 15.8 Å². The molecule has 0 aliphatic carbocycles. The van der Waals surface area contributed by atoms with Gasteiger partial charge in [0, 0.05) is 4.90 Å². The summed E-state index contributed by atoms with van der Waals surface area (Å²) in [4.78, 5) is 0.217. The highest BCUT2D eigenvalue weighted by molar-refractivity contribution is 7.98. The van der Waals surface area contributed by atoms with Gasteiger partial charge in [-0.2, -0.15) is 0 Å². The Morgan fingerprint density at radius 2 is 1.92 bits per heavy atom. The summed E-state index contributed by atoms with van der Waals surface area (Å²) in [5.74, 6) is 0. The average Bonchev–Trinajstić information content (AvgIpc) is 2.16. The molecule has 0 spiro atoms. The van der Waals surface area contributed by atoms with Gasteiger partial charge < -0.3 is 5.11 Å². The quantitative estimate of drug-likeness (QED) is 0.643. The Kier molecular flexibility index (Phi) is 4.39. The normalized spacial score (nSPS) is 13.3. The molecular formula is C9H10Cl2OS. The lowest BCUT2D eigenvalue weighted by atomic mass is 10.1. The van der Waals surface area contributed by atoms with Gasteiger partial charge in [0.25, 0.3) is 0 Å². The predicted octanol–water partition coefficient (Wildman–Crippen LogP) is 3.25. The van der Waals surface area contributed by atoms with Crippen LogP contribution < -0.4 is 0 Å². The van der Waals surface area contributed by atoms with Crippen molar-refractivity contribution < 1.29 is 5.11 Å². The summed E-state index contributed by atoms with van der Waals surface area (Å²) in [6, 6.07) is 7.53. The van der Waals surface area contributed by atoms with Crippen molar-refractivity contribution in [3.8, 4) is 0 Å². The molecule has 0 saturated heterocycles. The lowest BCUT2D eigenvalue weighted by Crippen LogP contribution is -2.06. The van der Waals surface area contributed by atoms with Crippen LogP contribution in [-0.2, 0) is 0 Å². The van der Waals surface area contributed by atoms with E-state index in [2.05, 4.69) is 0 Å². The van der Waals surface area contributed by atoms with Crippen molar-refractivity contribution in [1.29, 1.82) is 0 Å². The molecule has 0 aromatic heterocycles. The van der Waals surface area contributed by atoms with Gasteiger partial charge in [0.2, 0.25) is 0 Å². The van der Waals surface area contributed by atoms with Crippen LogP contribution in [0.15, 0.2) is 29.2 Å². The van der Waals surface area contributed by atoms with Crippen LogP contribution in [0.4, 0.5) is 0 Å². The maximum Gasteiger partial charge on any atom is 0.137 e. The van der Waals surface area contributed by atoms with Gasteiger partial charge in [-0.05, 0) is 17.9 Å². The van der Waals surface area contributed by atoms with Crippen molar-refractivity contribution >= 4 is 35.0 Å². The fourth-order valence-corrected chi connectivity index (χ4v) is 1.96. The van der Waals surface area contributed by atoms with E-state index < -0.39 is 10.9 Å². The maximum absolute atomic E-state index is 9.63. The molecule has 1 unspecified atom stereocenters. The van der Waals surface area contributed by atoms with E-state index in [9.17, 15) is 5.11 Å². The minimum atomic E-state index is -0.813. The predicted molar refractivity (Wildman–Crippen MR) is 58.7 cm³/mol. The lowest BCUT2D eigenvalue weighted by molar-refractivity contribution is 0.190. The molecule has 1 aromatic carbocycles. The number of halogens is 2. The molecule has 72 valence electrons. The highest BCUT2D eigenvalue weighted by atomic mass is 35.5. The van der Waals surface area contributed by atoms with Crippen LogP contribution in [0.1, 0.15) is 11.7 Å². The van der Waals surface area contributed by atoms with Crippen LogP contribution in [0.5, 0.6) is 0 Å². The number of aliphatic hydroxyl groups is 1. The summed E-state index contributed by atoms with van der Waals surface area (Å²) in [6.07, 6.45) is 1.13. The zero-order valence-electron chi connectivity index (χ0n) is 7.08. The lowest BCUT2D eigenvalue weighted by Gasteiger charge is -2.14. The molecule has 1 N–H and O–H groups in total. The SMILES string of the molecule is CSc1ccccc1C(O)C(Cl)Cl. The van der Waals surface area contributed by atoms with E-state index in [4.69, 9.17) is 23.2 Å². The van der Waals surface area contributed by atoms with E-state index in [0.717, 1.165) is 10.5 Å². The Labute approximate surface area is 92.1 Å². The molecular weight excluding hydrogens is 227 g/mol. The number of aliphatic hydroxyl groups excluding tert-OH is 1. The summed E-state index contributed by atoms with van der Waals surface area (Å²) in [5, 5.41) is 9.63. The molecule has 1 atom stereocenters. The third-order valence-electron chi connectivity index (χ3n) is 1.70. The molecule has 1 aromatic rings. The van der Waals surface area contributed by atoms with E-state index in [1.165, 1.54) is 0 Å². The van der Waals surface area contributed by atoms with E-state index in [1.54, 1.807) is 11.8 Å². The number of rotatable bonds is 3. The van der Waals surface area contributed by atoms with Crippen molar-refractivity contribution in [3.05, 3.63) is 29.8 Å². The Hall–Kier alpha value is 0.110. The van der Waals surface area contributed by atoms with Gasteiger partial charge in [-0.15, -0.1) is 35.0 Å². The molecule has 1 rings (SSSR count). The van der Waals surface area contributed by atoms with Crippen LogP contribution >= 0.6 is 35.0 Å². The molecule has 0 bridgehead atoms. The van der Waals surface area contributed by atoms with Crippen molar-refractivity contribution in [2.75, 3.05) is 6.26 Å². The number of benzene rings is 1. The van der Waals surface area contributed by atoms with Crippen molar-refractivity contribution in [3.63, 3.8) is 0 Å². The molecule has 0 fully saturated rings. The van der Waals surface area contributed by atoms with E-state index in [-0.39, 0.29) is 0 Å². The number of hydrogen-bond acceptors (Lipinski definition) is 2. The molecule has 0 saturated carbocycles. The van der Waals surface area contributed by atoms with E-state index in [0.29, 0.717) is 0 Å². The fourth-order valence-electron chi connectivity index (χ4n) is 1.05. The third kappa shape index (κ3) is 2.78.